The summed E-state index contributed by atoms with van der Waals surface area (Å²) in [6.45, 7) is 1.81. The molecule has 24 heavy (non-hydrogen) atoms. The highest BCUT2D eigenvalue weighted by Gasteiger charge is 2.28. The van der Waals surface area contributed by atoms with Crippen molar-refractivity contribution in [1.82, 2.24) is 4.90 Å². The van der Waals surface area contributed by atoms with E-state index in [0.29, 0.717) is 6.04 Å². The number of methoxy groups -OCH3 is 2. The van der Waals surface area contributed by atoms with Crippen molar-refractivity contribution >= 4 is 0 Å². The molecule has 1 heterocycles. The highest BCUT2D eigenvalue weighted by Crippen LogP contribution is 2.39. The van der Waals surface area contributed by atoms with Crippen molar-refractivity contribution < 1.29 is 9.47 Å². The molecule has 0 radical (unpaired) electrons. The minimum Gasteiger partial charge on any atom is -0.497 e. The number of hydrogen-bond donors (Lipinski definition) is 0. The third kappa shape index (κ3) is 3.22. The molecule has 3 rings (SSSR count). The van der Waals surface area contributed by atoms with Crippen LogP contribution in [0.5, 0.6) is 11.5 Å². The van der Waals surface area contributed by atoms with Crippen molar-refractivity contribution in [3.63, 3.8) is 0 Å². The molecule has 0 bridgehead atoms. The Bertz CT molecular complexity index is 752. The van der Waals surface area contributed by atoms with Crippen LogP contribution in [-0.4, -0.2) is 25.7 Å². The molecular formula is C20H22N2O2. The first-order valence-corrected chi connectivity index (χ1v) is 8.20. The SMILES string of the molecule is COc1ccc([C@H]2CCCN2Cc2ccccc2C#N)c(OC)c1. The first-order valence-electron chi connectivity index (χ1n) is 8.20. The average molecular weight is 322 g/mol. The van der Waals surface area contributed by atoms with Gasteiger partial charge in [0.05, 0.1) is 25.9 Å². The minimum atomic E-state index is 0.303. The van der Waals surface area contributed by atoms with Gasteiger partial charge in [-0.15, -0.1) is 0 Å². The number of rotatable bonds is 5. The van der Waals surface area contributed by atoms with Crippen LogP contribution in [0.3, 0.4) is 0 Å². The summed E-state index contributed by atoms with van der Waals surface area (Å²) in [5, 5.41) is 9.31. The summed E-state index contributed by atoms with van der Waals surface area (Å²) in [5.74, 6) is 1.66. The van der Waals surface area contributed by atoms with Crippen LogP contribution in [0.15, 0.2) is 42.5 Å². The smallest absolute Gasteiger partial charge is 0.127 e. The predicted molar refractivity (Wildman–Crippen MR) is 93.1 cm³/mol. The molecule has 2 aromatic carbocycles. The van der Waals surface area contributed by atoms with Gasteiger partial charge in [0.25, 0.3) is 0 Å². The van der Waals surface area contributed by atoms with E-state index < -0.39 is 0 Å². The molecule has 2 aromatic rings. The maximum Gasteiger partial charge on any atom is 0.127 e. The summed E-state index contributed by atoms with van der Waals surface area (Å²) in [7, 11) is 3.36. The molecule has 1 aliphatic heterocycles. The van der Waals surface area contributed by atoms with Gasteiger partial charge in [-0.25, -0.2) is 0 Å². The van der Waals surface area contributed by atoms with E-state index in [2.05, 4.69) is 17.0 Å². The summed E-state index contributed by atoms with van der Waals surface area (Å²) < 4.78 is 10.9. The maximum absolute atomic E-state index is 9.31. The van der Waals surface area contributed by atoms with Gasteiger partial charge < -0.3 is 9.47 Å². The Morgan fingerprint density at radius 3 is 2.75 bits per heavy atom. The van der Waals surface area contributed by atoms with Gasteiger partial charge in [0.1, 0.15) is 11.5 Å². The second-order valence-electron chi connectivity index (χ2n) is 6.01. The highest BCUT2D eigenvalue weighted by atomic mass is 16.5. The molecule has 1 atom stereocenters. The molecule has 0 aliphatic carbocycles. The van der Waals surface area contributed by atoms with Crippen molar-refractivity contribution in [1.29, 1.82) is 5.26 Å². The topological polar surface area (TPSA) is 45.5 Å². The molecule has 0 spiro atoms. The fourth-order valence-electron chi connectivity index (χ4n) is 3.45. The normalized spacial score (nSPS) is 17.5. The average Bonchev–Trinajstić information content (AvgIpc) is 3.09. The van der Waals surface area contributed by atoms with E-state index in [9.17, 15) is 5.26 Å². The highest BCUT2D eigenvalue weighted by molar-refractivity contribution is 5.43. The van der Waals surface area contributed by atoms with Crippen molar-refractivity contribution in [2.75, 3.05) is 20.8 Å². The third-order valence-electron chi connectivity index (χ3n) is 4.67. The zero-order chi connectivity index (χ0) is 16.9. The monoisotopic (exact) mass is 322 g/mol. The summed E-state index contributed by atoms with van der Waals surface area (Å²) in [5.41, 5.74) is 3.02. The maximum atomic E-state index is 9.31. The lowest BCUT2D eigenvalue weighted by Crippen LogP contribution is -2.23. The van der Waals surface area contributed by atoms with E-state index in [-0.39, 0.29) is 0 Å². The van der Waals surface area contributed by atoms with Gasteiger partial charge in [-0.2, -0.15) is 5.26 Å². The van der Waals surface area contributed by atoms with E-state index in [0.717, 1.165) is 48.6 Å². The number of benzene rings is 2. The van der Waals surface area contributed by atoms with Crippen LogP contribution in [-0.2, 0) is 6.54 Å². The van der Waals surface area contributed by atoms with E-state index in [1.54, 1.807) is 14.2 Å². The Hall–Kier alpha value is -2.51. The Balaban J connectivity index is 1.87. The zero-order valence-corrected chi connectivity index (χ0v) is 14.2. The minimum absolute atomic E-state index is 0.303. The van der Waals surface area contributed by atoms with Gasteiger partial charge >= 0.3 is 0 Å². The summed E-state index contributed by atoms with van der Waals surface area (Å²) in [4.78, 5) is 2.43. The molecule has 1 fully saturated rings. The first kappa shape index (κ1) is 16.4. The largest absolute Gasteiger partial charge is 0.497 e. The Labute approximate surface area is 143 Å². The van der Waals surface area contributed by atoms with Crippen molar-refractivity contribution in [3.05, 3.63) is 59.2 Å². The first-order chi connectivity index (χ1) is 11.8. The molecule has 0 unspecified atom stereocenters. The zero-order valence-electron chi connectivity index (χ0n) is 14.2. The third-order valence-corrected chi connectivity index (χ3v) is 4.67. The molecule has 4 nitrogen and oxygen atoms in total. The van der Waals surface area contributed by atoms with Crippen LogP contribution in [0, 0.1) is 11.3 Å². The van der Waals surface area contributed by atoms with Crippen LogP contribution >= 0.6 is 0 Å². The van der Waals surface area contributed by atoms with Gasteiger partial charge in [-0.3, -0.25) is 4.90 Å². The summed E-state index contributed by atoms with van der Waals surface area (Å²) in [6, 6.07) is 16.4. The Morgan fingerprint density at radius 2 is 2.00 bits per heavy atom. The number of hydrogen-bond acceptors (Lipinski definition) is 4. The fourth-order valence-corrected chi connectivity index (χ4v) is 3.45. The summed E-state index contributed by atoms with van der Waals surface area (Å²) in [6.07, 6.45) is 2.24. The van der Waals surface area contributed by atoms with E-state index >= 15 is 0 Å². The lowest BCUT2D eigenvalue weighted by atomic mass is 10.0. The molecule has 0 saturated carbocycles. The van der Waals surface area contributed by atoms with Gasteiger partial charge in [0, 0.05) is 24.2 Å². The lowest BCUT2D eigenvalue weighted by molar-refractivity contribution is 0.242. The van der Waals surface area contributed by atoms with Gasteiger partial charge in [-0.05, 0) is 37.1 Å². The second kappa shape index (κ2) is 7.37. The van der Waals surface area contributed by atoms with Crippen molar-refractivity contribution in [2.24, 2.45) is 0 Å². The molecular weight excluding hydrogens is 300 g/mol. The van der Waals surface area contributed by atoms with Crippen LogP contribution in [0.4, 0.5) is 0 Å². The molecule has 0 aromatic heterocycles. The Kier molecular flexibility index (Phi) is 5.02. The van der Waals surface area contributed by atoms with Crippen LogP contribution in [0.2, 0.25) is 0 Å². The number of ether oxygens (including phenoxy) is 2. The van der Waals surface area contributed by atoms with E-state index in [1.807, 2.05) is 36.4 Å². The van der Waals surface area contributed by atoms with Crippen LogP contribution in [0.1, 0.15) is 35.6 Å². The van der Waals surface area contributed by atoms with Gasteiger partial charge in [-0.1, -0.05) is 24.3 Å². The van der Waals surface area contributed by atoms with Crippen molar-refractivity contribution in [2.45, 2.75) is 25.4 Å². The van der Waals surface area contributed by atoms with Gasteiger partial charge in [0.2, 0.25) is 0 Å². The number of nitrogens with zero attached hydrogens (tertiary/aromatic N) is 2. The fraction of sp³-hybridized carbons (Fsp3) is 0.350. The quantitative estimate of drug-likeness (QED) is 0.837. The van der Waals surface area contributed by atoms with Gasteiger partial charge in [0.15, 0.2) is 0 Å². The standard InChI is InChI=1S/C20H22N2O2/c1-23-17-9-10-18(20(12-17)24-2)19-8-5-11-22(19)14-16-7-4-3-6-15(16)13-21/h3-4,6-7,9-10,12,19H,5,8,11,14H2,1-2H3/t19-/m1/s1. The van der Waals surface area contributed by atoms with Crippen molar-refractivity contribution in [3.8, 4) is 17.6 Å². The predicted octanol–water partition coefficient (Wildman–Crippen LogP) is 3.91. The molecule has 1 aliphatic rings. The van der Waals surface area contributed by atoms with Crippen LogP contribution in [0.25, 0.3) is 0 Å². The second-order valence-corrected chi connectivity index (χ2v) is 6.01. The molecule has 1 saturated heterocycles. The molecule has 0 N–H and O–H groups in total. The Morgan fingerprint density at radius 1 is 1.17 bits per heavy atom. The van der Waals surface area contributed by atoms with E-state index in [1.165, 1.54) is 5.56 Å². The molecule has 4 heteroatoms. The van der Waals surface area contributed by atoms with Crippen LogP contribution < -0.4 is 9.47 Å². The lowest BCUT2D eigenvalue weighted by Gasteiger charge is -2.26. The van der Waals surface area contributed by atoms with E-state index in [4.69, 9.17) is 9.47 Å². The molecule has 0 amide bonds. The number of likely N-dealkylation sites (tertiary alicyclic amines) is 1. The molecule has 124 valence electrons. The number of nitriles is 1. The summed E-state index contributed by atoms with van der Waals surface area (Å²) >= 11 is 0.